The van der Waals surface area contributed by atoms with Crippen LogP contribution in [0.1, 0.15) is 38.2 Å². The Morgan fingerprint density at radius 1 is 1.52 bits per heavy atom. The van der Waals surface area contributed by atoms with Crippen LogP contribution >= 0.6 is 11.6 Å². The Labute approximate surface area is 131 Å². The van der Waals surface area contributed by atoms with Gasteiger partial charge in [-0.2, -0.15) is 0 Å². The van der Waals surface area contributed by atoms with Crippen LogP contribution in [0.5, 0.6) is 5.75 Å². The molecule has 1 saturated carbocycles. The fourth-order valence-corrected chi connectivity index (χ4v) is 3.12. The van der Waals surface area contributed by atoms with E-state index in [9.17, 15) is 4.79 Å². The lowest BCUT2D eigenvalue weighted by Gasteiger charge is -2.37. The first-order valence-electron chi connectivity index (χ1n) is 7.33. The minimum Gasteiger partial charge on any atom is -0.496 e. The van der Waals surface area contributed by atoms with Gasteiger partial charge < -0.3 is 15.8 Å². The van der Waals surface area contributed by atoms with E-state index in [0.717, 1.165) is 31.2 Å². The van der Waals surface area contributed by atoms with Crippen molar-refractivity contribution in [1.82, 2.24) is 5.32 Å². The SMILES string of the molecule is COc1cc(Cl)ccc1CNC(=O)C1CCCCC1(C)N. The van der Waals surface area contributed by atoms with Crippen LogP contribution < -0.4 is 15.8 Å². The molecule has 2 atom stereocenters. The average Bonchev–Trinajstić information content (AvgIpc) is 2.45. The summed E-state index contributed by atoms with van der Waals surface area (Å²) in [5.74, 6) is 0.586. The third-order valence-electron chi connectivity index (χ3n) is 4.27. The van der Waals surface area contributed by atoms with Gasteiger partial charge in [-0.3, -0.25) is 4.79 Å². The number of amides is 1. The molecule has 1 aliphatic carbocycles. The van der Waals surface area contributed by atoms with Gasteiger partial charge in [-0.1, -0.05) is 30.5 Å². The van der Waals surface area contributed by atoms with E-state index in [0.29, 0.717) is 17.3 Å². The second kappa shape index (κ2) is 6.67. The van der Waals surface area contributed by atoms with Crippen LogP contribution in [0.15, 0.2) is 18.2 Å². The number of rotatable bonds is 4. The lowest BCUT2D eigenvalue weighted by Crippen LogP contribution is -2.52. The first-order chi connectivity index (χ1) is 9.94. The van der Waals surface area contributed by atoms with Gasteiger partial charge in [0.25, 0.3) is 0 Å². The average molecular weight is 311 g/mol. The monoisotopic (exact) mass is 310 g/mol. The highest BCUT2D eigenvalue weighted by atomic mass is 35.5. The number of halogens is 1. The Hall–Kier alpha value is -1.26. The highest BCUT2D eigenvalue weighted by molar-refractivity contribution is 6.30. The number of benzene rings is 1. The Morgan fingerprint density at radius 2 is 2.29 bits per heavy atom. The van der Waals surface area contributed by atoms with Gasteiger partial charge in [-0.15, -0.1) is 0 Å². The first kappa shape index (κ1) is 16.1. The Balaban J connectivity index is 2.01. The van der Waals surface area contributed by atoms with E-state index in [1.807, 2.05) is 13.0 Å². The van der Waals surface area contributed by atoms with Crippen molar-refractivity contribution in [1.29, 1.82) is 0 Å². The van der Waals surface area contributed by atoms with Crippen molar-refractivity contribution in [3.05, 3.63) is 28.8 Å². The predicted octanol–water partition coefficient (Wildman–Crippen LogP) is 2.87. The lowest BCUT2D eigenvalue weighted by atomic mass is 9.74. The van der Waals surface area contributed by atoms with Gasteiger partial charge in [0, 0.05) is 22.7 Å². The van der Waals surface area contributed by atoms with Crippen LogP contribution in [-0.2, 0) is 11.3 Å². The molecule has 2 rings (SSSR count). The molecule has 1 aromatic rings. The van der Waals surface area contributed by atoms with E-state index < -0.39 is 5.54 Å². The maximum absolute atomic E-state index is 12.4. The van der Waals surface area contributed by atoms with E-state index in [4.69, 9.17) is 22.1 Å². The molecule has 0 bridgehead atoms. The first-order valence-corrected chi connectivity index (χ1v) is 7.71. The summed E-state index contributed by atoms with van der Waals surface area (Å²) in [6.07, 6.45) is 3.92. The lowest BCUT2D eigenvalue weighted by molar-refractivity contribution is -0.128. The molecule has 0 aromatic heterocycles. The molecule has 21 heavy (non-hydrogen) atoms. The summed E-state index contributed by atoms with van der Waals surface area (Å²) in [6, 6.07) is 5.40. The number of hydrogen-bond acceptors (Lipinski definition) is 3. The fraction of sp³-hybridized carbons (Fsp3) is 0.562. The van der Waals surface area contributed by atoms with Crippen molar-refractivity contribution >= 4 is 17.5 Å². The number of nitrogens with one attached hydrogen (secondary N) is 1. The third kappa shape index (κ3) is 3.89. The van der Waals surface area contributed by atoms with E-state index in [1.54, 1.807) is 19.2 Å². The maximum atomic E-state index is 12.4. The topological polar surface area (TPSA) is 64.3 Å². The van der Waals surface area contributed by atoms with Gasteiger partial charge in [-0.05, 0) is 31.9 Å². The van der Waals surface area contributed by atoms with Crippen LogP contribution in [0.4, 0.5) is 0 Å². The molecule has 2 unspecified atom stereocenters. The number of hydrogen-bond donors (Lipinski definition) is 2. The standard InChI is InChI=1S/C16H23ClN2O2/c1-16(18)8-4-3-5-13(16)15(20)19-10-11-6-7-12(17)9-14(11)21-2/h6-7,9,13H,3-5,8,10,18H2,1-2H3,(H,19,20). The van der Waals surface area contributed by atoms with Crippen molar-refractivity contribution in [2.75, 3.05) is 7.11 Å². The molecule has 1 aromatic carbocycles. The molecule has 0 saturated heterocycles. The molecule has 3 N–H and O–H groups in total. The largest absolute Gasteiger partial charge is 0.496 e. The van der Waals surface area contributed by atoms with E-state index in [2.05, 4.69) is 5.32 Å². The molecular weight excluding hydrogens is 288 g/mol. The van der Waals surface area contributed by atoms with Gasteiger partial charge in [0.2, 0.25) is 5.91 Å². The zero-order chi connectivity index (χ0) is 15.5. The second-order valence-corrected chi connectivity index (χ2v) is 6.41. The molecule has 4 nitrogen and oxygen atoms in total. The van der Waals surface area contributed by atoms with Crippen LogP contribution in [-0.4, -0.2) is 18.6 Å². The molecule has 0 aliphatic heterocycles. The predicted molar refractivity (Wildman–Crippen MR) is 84.4 cm³/mol. The zero-order valence-corrected chi connectivity index (χ0v) is 13.4. The minimum absolute atomic E-state index is 0.0247. The van der Waals surface area contributed by atoms with E-state index in [-0.39, 0.29) is 11.8 Å². The number of carbonyl (C=O) groups is 1. The zero-order valence-electron chi connectivity index (χ0n) is 12.6. The molecule has 0 spiro atoms. The van der Waals surface area contributed by atoms with Gasteiger partial charge in [0.1, 0.15) is 5.75 Å². The van der Waals surface area contributed by atoms with E-state index >= 15 is 0 Å². The van der Waals surface area contributed by atoms with Crippen LogP contribution in [0.2, 0.25) is 5.02 Å². The molecular formula is C16H23ClN2O2. The summed E-state index contributed by atoms with van der Waals surface area (Å²) in [7, 11) is 1.59. The van der Waals surface area contributed by atoms with Crippen molar-refractivity contribution in [2.24, 2.45) is 11.7 Å². The molecule has 0 radical (unpaired) electrons. The van der Waals surface area contributed by atoms with Crippen molar-refractivity contribution in [3.8, 4) is 5.75 Å². The molecule has 116 valence electrons. The Bertz CT molecular complexity index is 517. The fourth-order valence-electron chi connectivity index (χ4n) is 2.96. The highest BCUT2D eigenvalue weighted by Gasteiger charge is 2.37. The van der Waals surface area contributed by atoms with Gasteiger partial charge in [0.05, 0.1) is 13.0 Å². The van der Waals surface area contributed by atoms with Gasteiger partial charge >= 0.3 is 0 Å². The minimum atomic E-state index is -0.410. The summed E-state index contributed by atoms with van der Waals surface area (Å²) >= 11 is 5.93. The highest BCUT2D eigenvalue weighted by Crippen LogP contribution is 2.32. The summed E-state index contributed by atoms with van der Waals surface area (Å²) in [6.45, 7) is 2.39. The van der Waals surface area contributed by atoms with Gasteiger partial charge in [-0.25, -0.2) is 0 Å². The normalized spacial score (nSPS) is 25.4. The van der Waals surface area contributed by atoms with Gasteiger partial charge in [0.15, 0.2) is 0 Å². The molecule has 1 fully saturated rings. The van der Waals surface area contributed by atoms with Crippen molar-refractivity contribution < 1.29 is 9.53 Å². The number of carbonyl (C=O) groups excluding carboxylic acids is 1. The Kier molecular flexibility index (Phi) is 5.12. The summed E-state index contributed by atoms with van der Waals surface area (Å²) < 4.78 is 5.28. The quantitative estimate of drug-likeness (QED) is 0.898. The second-order valence-electron chi connectivity index (χ2n) is 5.98. The van der Waals surface area contributed by atoms with E-state index in [1.165, 1.54) is 0 Å². The smallest absolute Gasteiger partial charge is 0.225 e. The number of methoxy groups -OCH3 is 1. The van der Waals surface area contributed by atoms with Crippen molar-refractivity contribution in [2.45, 2.75) is 44.7 Å². The molecule has 1 amide bonds. The van der Waals surface area contributed by atoms with Crippen LogP contribution in [0, 0.1) is 5.92 Å². The summed E-state index contributed by atoms with van der Waals surface area (Å²) in [4.78, 5) is 12.4. The summed E-state index contributed by atoms with van der Waals surface area (Å²) in [5, 5.41) is 3.59. The number of ether oxygens (including phenoxy) is 1. The third-order valence-corrected chi connectivity index (χ3v) is 4.51. The van der Waals surface area contributed by atoms with Crippen LogP contribution in [0.25, 0.3) is 0 Å². The number of nitrogens with two attached hydrogens (primary N) is 1. The Morgan fingerprint density at radius 3 is 2.95 bits per heavy atom. The molecule has 1 aliphatic rings. The maximum Gasteiger partial charge on any atom is 0.225 e. The van der Waals surface area contributed by atoms with Crippen molar-refractivity contribution in [3.63, 3.8) is 0 Å². The van der Waals surface area contributed by atoms with Crippen LogP contribution in [0.3, 0.4) is 0 Å². The molecule has 5 heteroatoms. The summed E-state index contributed by atoms with van der Waals surface area (Å²) in [5.41, 5.74) is 6.76. The molecule has 0 heterocycles.